The lowest BCUT2D eigenvalue weighted by molar-refractivity contribution is -0.916. The largest absolute Gasteiger partial charge is 0.348 e. The Labute approximate surface area is 151 Å². The number of rotatable bonds is 6. The van der Waals surface area contributed by atoms with Crippen LogP contribution in [0.4, 0.5) is 0 Å². The van der Waals surface area contributed by atoms with Crippen LogP contribution in [0.15, 0.2) is 60.7 Å². The number of hydrogen-bond acceptors (Lipinski definition) is 1. The van der Waals surface area contributed by atoms with E-state index in [1.807, 2.05) is 24.3 Å². The van der Waals surface area contributed by atoms with Crippen molar-refractivity contribution in [3.8, 4) is 0 Å². The highest BCUT2D eigenvalue weighted by Gasteiger charge is 2.30. The van der Waals surface area contributed by atoms with Crippen molar-refractivity contribution in [2.75, 3.05) is 7.05 Å². The van der Waals surface area contributed by atoms with Gasteiger partial charge in [-0.3, -0.25) is 4.79 Å². The first kappa shape index (κ1) is 17.7. The van der Waals surface area contributed by atoms with E-state index in [9.17, 15) is 4.79 Å². The van der Waals surface area contributed by atoms with Crippen molar-refractivity contribution in [1.82, 2.24) is 5.32 Å². The molecule has 2 aromatic carbocycles. The molecule has 2 aromatic rings. The van der Waals surface area contributed by atoms with E-state index in [0.717, 1.165) is 24.9 Å². The van der Waals surface area contributed by atoms with Crippen LogP contribution < -0.4 is 10.2 Å². The molecule has 1 fully saturated rings. The first-order valence-corrected chi connectivity index (χ1v) is 9.45. The van der Waals surface area contributed by atoms with Crippen molar-refractivity contribution in [2.24, 2.45) is 0 Å². The highest BCUT2D eigenvalue weighted by molar-refractivity contribution is 5.82. The fraction of sp³-hybridized carbons (Fsp3) is 0.409. The fourth-order valence-corrected chi connectivity index (χ4v) is 3.86. The summed E-state index contributed by atoms with van der Waals surface area (Å²) >= 11 is 0. The van der Waals surface area contributed by atoms with Crippen molar-refractivity contribution in [2.45, 2.75) is 50.7 Å². The highest BCUT2D eigenvalue weighted by atomic mass is 16.2. The Kier molecular flexibility index (Phi) is 6.24. The third-order valence-corrected chi connectivity index (χ3v) is 5.17. The van der Waals surface area contributed by atoms with Gasteiger partial charge in [0, 0.05) is 17.2 Å². The summed E-state index contributed by atoms with van der Waals surface area (Å²) in [6, 6.07) is 20.8. The Hall–Kier alpha value is -2.13. The average molecular weight is 337 g/mol. The Bertz CT molecular complexity index is 650. The molecule has 0 aromatic heterocycles. The van der Waals surface area contributed by atoms with E-state index in [2.05, 4.69) is 48.8 Å². The molecular weight excluding hydrogens is 308 g/mol. The lowest BCUT2D eigenvalue weighted by Crippen LogP contribution is -3.09. The molecule has 2 unspecified atom stereocenters. The van der Waals surface area contributed by atoms with Gasteiger partial charge in [0.1, 0.15) is 6.54 Å². The molecule has 2 N–H and O–H groups in total. The highest BCUT2D eigenvalue weighted by Crippen LogP contribution is 2.19. The summed E-state index contributed by atoms with van der Waals surface area (Å²) in [6.07, 6.45) is 5.99. The number of nitrogens with one attached hydrogen (secondary N) is 2. The quantitative estimate of drug-likeness (QED) is 0.835. The fourth-order valence-electron chi connectivity index (χ4n) is 3.86. The molecular formula is C22H29N2O+. The summed E-state index contributed by atoms with van der Waals surface area (Å²) < 4.78 is 0. The Balaban J connectivity index is 1.75. The van der Waals surface area contributed by atoms with Gasteiger partial charge in [0.05, 0.1) is 7.05 Å². The molecule has 0 saturated heterocycles. The van der Waals surface area contributed by atoms with E-state index in [1.54, 1.807) is 0 Å². The first-order chi connectivity index (χ1) is 12.2. The summed E-state index contributed by atoms with van der Waals surface area (Å²) in [6.45, 7) is 0.832. The zero-order chi connectivity index (χ0) is 17.5. The monoisotopic (exact) mass is 337 g/mol. The molecule has 25 heavy (non-hydrogen) atoms. The van der Waals surface area contributed by atoms with E-state index in [4.69, 9.17) is 0 Å². The van der Waals surface area contributed by atoms with Crippen LogP contribution in [0.5, 0.6) is 0 Å². The van der Waals surface area contributed by atoms with Gasteiger partial charge in [-0.25, -0.2) is 0 Å². The average Bonchev–Trinajstić information content (AvgIpc) is 2.64. The second-order valence-electron chi connectivity index (χ2n) is 7.20. The maximum Gasteiger partial charge on any atom is 0.283 e. The molecule has 0 radical (unpaired) electrons. The minimum atomic E-state index is -0.177. The SMILES string of the molecule is C[NH+](Cc1ccccc1)C(C(=O)NC1CCCCC1)c1ccccc1. The van der Waals surface area contributed by atoms with Gasteiger partial charge in [0.15, 0.2) is 6.04 Å². The van der Waals surface area contributed by atoms with Crippen LogP contribution in [0, 0.1) is 0 Å². The van der Waals surface area contributed by atoms with Gasteiger partial charge in [-0.1, -0.05) is 79.9 Å². The predicted molar refractivity (Wildman–Crippen MR) is 101 cm³/mol. The predicted octanol–water partition coefficient (Wildman–Crippen LogP) is 2.89. The van der Waals surface area contributed by atoms with Crippen molar-refractivity contribution < 1.29 is 9.69 Å². The second kappa shape index (κ2) is 8.82. The summed E-state index contributed by atoms with van der Waals surface area (Å²) in [5.41, 5.74) is 2.34. The summed E-state index contributed by atoms with van der Waals surface area (Å²) in [4.78, 5) is 14.3. The van der Waals surface area contributed by atoms with Crippen molar-refractivity contribution in [1.29, 1.82) is 0 Å². The Morgan fingerprint density at radius 3 is 2.24 bits per heavy atom. The minimum absolute atomic E-state index is 0.159. The van der Waals surface area contributed by atoms with Crippen LogP contribution in [-0.2, 0) is 11.3 Å². The van der Waals surface area contributed by atoms with Crippen LogP contribution >= 0.6 is 0 Å². The van der Waals surface area contributed by atoms with Crippen LogP contribution in [-0.4, -0.2) is 19.0 Å². The number of amides is 1. The minimum Gasteiger partial charge on any atom is -0.348 e. The topological polar surface area (TPSA) is 33.5 Å². The lowest BCUT2D eigenvalue weighted by Gasteiger charge is -2.28. The number of quaternary nitrogens is 1. The molecule has 1 aliphatic rings. The van der Waals surface area contributed by atoms with Crippen LogP contribution in [0.2, 0.25) is 0 Å². The van der Waals surface area contributed by atoms with Crippen molar-refractivity contribution in [3.63, 3.8) is 0 Å². The van der Waals surface area contributed by atoms with Crippen molar-refractivity contribution in [3.05, 3.63) is 71.8 Å². The summed E-state index contributed by atoms with van der Waals surface area (Å²) in [5, 5.41) is 3.32. The van der Waals surface area contributed by atoms with Gasteiger partial charge in [-0.2, -0.15) is 0 Å². The number of benzene rings is 2. The molecule has 0 aliphatic heterocycles. The van der Waals surface area contributed by atoms with E-state index in [1.165, 1.54) is 29.7 Å². The second-order valence-corrected chi connectivity index (χ2v) is 7.20. The van der Waals surface area contributed by atoms with E-state index in [0.29, 0.717) is 6.04 Å². The smallest absolute Gasteiger partial charge is 0.283 e. The summed E-state index contributed by atoms with van der Waals surface area (Å²) in [7, 11) is 2.12. The van der Waals surface area contributed by atoms with Gasteiger partial charge < -0.3 is 10.2 Å². The third-order valence-electron chi connectivity index (χ3n) is 5.17. The molecule has 3 rings (SSSR count). The van der Waals surface area contributed by atoms with Gasteiger partial charge in [0.25, 0.3) is 5.91 Å². The standard InChI is InChI=1S/C22H28N2O/c1-24(17-18-11-5-2-6-12-18)21(19-13-7-3-8-14-19)22(25)23-20-15-9-4-10-16-20/h2-3,5-8,11-14,20-21H,4,9-10,15-17H2,1H3,(H,23,25)/p+1. The lowest BCUT2D eigenvalue weighted by atomic mass is 9.94. The van der Waals surface area contributed by atoms with E-state index >= 15 is 0 Å². The van der Waals surface area contributed by atoms with Gasteiger partial charge in [0.2, 0.25) is 0 Å². The van der Waals surface area contributed by atoms with Crippen LogP contribution in [0.25, 0.3) is 0 Å². The van der Waals surface area contributed by atoms with Crippen LogP contribution in [0.3, 0.4) is 0 Å². The normalized spacial score (nSPS) is 17.6. The first-order valence-electron chi connectivity index (χ1n) is 9.45. The molecule has 0 heterocycles. The molecule has 0 spiro atoms. The number of carbonyl (C=O) groups is 1. The number of hydrogen-bond donors (Lipinski definition) is 2. The van der Waals surface area contributed by atoms with Gasteiger partial charge in [-0.05, 0) is 12.8 Å². The molecule has 1 amide bonds. The Morgan fingerprint density at radius 2 is 1.60 bits per heavy atom. The molecule has 1 saturated carbocycles. The Morgan fingerprint density at radius 1 is 1.00 bits per heavy atom. The third kappa shape index (κ3) is 4.93. The van der Waals surface area contributed by atoms with Crippen LogP contribution in [0.1, 0.15) is 49.3 Å². The maximum absolute atomic E-state index is 13.1. The molecule has 132 valence electrons. The van der Waals surface area contributed by atoms with Gasteiger partial charge in [-0.15, -0.1) is 0 Å². The maximum atomic E-state index is 13.1. The van der Waals surface area contributed by atoms with E-state index < -0.39 is 0 Å². The molecule has 3 heteroatoms. The number of carbonyl (C=O) groups excluding carboxylic acids is 1. The van der Waals surface area contributed by atoms with Gasteiger partial charge >= 0.3 is 0 Å². The van der Waals surface area contributed by atoms with E-state index in [-0.39, 0.29) is 11.9 Å². The summed E-state index contributed by atoms with van der Waals surface area (Å²) in [5.74, 6) is 0.159. The molecule has 2 atom stereocenters. The zero-order valence-corrected chi connectivity index (χ0v) is 15.1. The molecule has 1 aliphatic carbocycles. The number of likely N-dealkylation sites (N-methyl/N-ethyl adjacent to an activating group) is 1. The molecule has 3 nitrogen and oxygen atoms in total. The molecule has 0 bridgehead atoms. The zero-order valence-electron chi connectivity index (χ0n) is 15.1. The van der Waals surface area contributed by atoms with Crippen molar-refractivity contribution >= 4 is 5.91 Å².